The van der Waals surface area contributed by atoms with Crippen LogP contribution in [0.1, 0.15) is 12.5 Å². The average Bonchev–Trinajstić information content (AvgIpc) is 2.29. The predicted octanol–water partition coefficient (Wildman–Crippen LogP) is 3.10. The Labute approximate surface area is 97.0 Å². The average molecular weight is 246 g/mol. The van der Waals surface area contributed by atoms with E-state index in [0.717, 1.165) is 5.75 Å². The summed E-state index contributed by atoms with van der Waals surface area (Å²) in [6.45, 7) is 1.92. The molecule has 0 aromatic heterocycles. The lowest BCUT2D eigenvalue weighted by atomic mass is 10.1. The first kappa shape index (κ1) is 13.0. The van der Waals surface area contributed by atoms with Gasteiger partial charge < -0.3 is 4.74 Å². The third-order valence-electron chi connectivity index (χ3n) is 1.99. The van der Waals surface area contributed by atoms with Gasteiger partial charge in [0, 0.05) is 4.90 Å². The summed E-state index contributed by atoms with van der Waals surface area (Å²) in [5.74, 6) is -2.70. The van der Waals surface area contributed by atoms with Crippen LogP contribution in [-0.2, 0) is 10.7 Å². The van der Waals surface area contributed by atoms with Gasteiger partial charge in [-0.15, -0.1) is 11.8 Å². The number of hydrogen-bond donors (Lipinski definition) is 0. The van der Waals surface area contributed by atoms with E-state index in [0.29, 0.717) is 4.90 Å². The molecule has 1 aromatic rings. The zero-order chi connectivity index (χ0) is 12.2. The summed E-state index contributed by atoms with van der Waals surface area (Å²) in [4.78, 5) is 11.0. The van der Waals surface area contributed by atoms with Gasteiger partial charge in [0.05, 0.1) is 12.7 Å². The minimum Gasteiger partial charge on any atom is -0.496 e. The number of rotatable bonds is 5. The number of thioether (sulfide) groups is 1. The van der Waals surface area contributed by atoms with Gasteiger partial charge in [-0.05, 0) is 24.0 Å². The summed E-state index contributed by atoms with van der Waals surface area (Å²) in [7, 11) is 1.30. The number of carbonyl (C=O) groups excluding carboxylic acids is 1. The van der Waals surface area contributed by atoms with Gasteiger partial charge in [0.25, 0.3) is 0 Å². The monoisotopic (exact) mass is 246 g/mol. The van der Waals surface area contributed by atoms with Crippen LogP contribution in [0.4, 0.5) is 8.78 Å². The summed E-state index contributed by atoms with van der Waals surface area (Å²) in [5, 5.41) is 0. The highest BCUT2D eigenvalue weighted by Gasteiger charge is 2.34. The molecule has 2 nitrogen and oxygen atoms in total. The third kappa shape index (κ3) is 2.72. The van der Waals surface area contributed by atoms with E-state index < -0.39 is 5.92 Å². The van der Waals surface area contributed by atoms with E-state index in [2.05, 4.69) is 0 Å². The highest BCUT2D eigenvalue weighted by Crippen LogP contribution is 2.36. The van der Waals surface area contributed by atoms with Crippen molar-refractivity contribution in [1.82, 2.24) is 0 Å². The van der Waals surface area contributed by atoms with Crippen LogP contribution in [0, 0.1) is 0 Å². The maximum Gasteiger partial charge on any atom is 0.331 e. The molecule has 0 unspecified atom stereocenters. The second-order valence-electron chi connectivity index (χ2n) is 3.04. The minimum atomic E-state index is -3.50. The largest absolute Gasteiger partial charge is 0.496 e. The lowest BCUT2D eigenvalue weighted by Crippen LogP contribution is -2.16. The second-order valence-corrected chi connectivity index (χ2v) is 4.37. The van der Waals surface area contributed by atoms with Gasteiger partial charge in [0.2, 0.25) is 0 Å². The van der Waals surface area contributed by atoms with Crippen LogP contribution < -0.4 is 4.74 Å². The normalized spacial score (nSPS) is 11.2. The number of halogens is 2. The van der Waals surface area contributed by atoms with Crippen LogP contribution in [0.2, 0.25) is 0 Å². The molecule has 1 rings (SSSR count). The van der Waals surface area contributed by atoms with E-state index in [-0.39, 0.29) is 17.6 Å². The van der Waals surface area contributed by atoms with E-state index in [9.17, 15) is 13.6 Å². The van der Waals surface area contributed by atoms with Crippen molar-refractivity contribution in [3.8, 4) is 5.75 Å². The molecule has 1 aromatic carbocycles. The number of alkyl halides is 2. The van der Waals surface area contributed by atoms with E-state index in [1.54, 1.807) is 6.07 Å². The second kappa shape index (κ2) is 5.30. The SMILES string of the molecule is CCSc1ccc(OC)c(C(F)(F)C=O)c1. The summed E-state index contributed by atoms with van der Waals surface area (Å²) in [5.41, 5.74) is -0.386. The molecule has 0 aliphatic heterocycles. The molecule has 5 heteroatoms. The number of hydrogen-bond acceptors (Lipinski definition) is 3. The molecule has 0 aliphatic rings. The highest BCUT2D eigenvalue weighted by molar-refractivity contribution is 7.99. The molecule has 0 amide bonds. The Hall–Kier alpha value is -1.10. The summed E-state index contributed by atoms with van der Waals surface area (Å²) in [6, 6.07) is 4.43. The Morgan fingerprint density at radius 1 is 1.50 bits per heavy atom. The molecule has 0 saturated carbocycles. The van der Waals surface area contributed by atoms with Crippen LogP contribution in [0.5, 0.6) is 5.75 Å². The first-order valence-electron chi connectivity index (χ1n) is 4.70. The zero-order valence-corrected chi connectivity index (χ0v) is 9.81. The fourth-order valence-corrected chi connectivity index (χ4v) is 1.97. The van der Waals surface area contributed by atoms with E-state index in [1.807, 2.05) is 6.92 Å². The lowest BCUT2D eigenvalue weighted by Gasteiger charge is -2.14. The van der Waals surface area contributed by atoms with Crippen molar-refractivity contribution >= 4 is 18.0 Å². The van der Waals surface area contributed by atoms with Crippen molar-refractivity contribution in [2.45, 2.75) is 17.7 Å². The number of methoxy groups -OCH3 is 1. The molecule has 0 heterocycles. The van der Waals surface area contributed by atoms with Crippen LogP contribution in [-0.4, -0.2) is 19.1 Å². The molecule has 0 bridgehead atoms. The Balaban J connectivity index is 3.21. The van der Waals surface area contributed by atoms with Gasteiger partial charge in [-0.25, -0.2) is 0 Å². The maximum atomic E-state index is 13.3. The third-order valence-corrected chi connectivity index (χ3v) is 2.87. The van der Waals surface area contributed by atoms with Gasteiger partial charge in [-0.1, -0.05) is 6.92 Å². The van der Waals surface area contributed by atoms with Crippen molar-refractivity contribution in [2.24, 2.45) is 0 Å². The topological polar surface area (TPSA) is 26.3 Å². The fraction of sp³-hybridized carbons (Fsp3) is 0.364. The summed E-state index contributed by atoms with van der Waals surface area (Å²) >= 11 is 1.43. The van der Waals surface area contributed by atoms with Crippen LogP contribution in [0.15, 0.2) is 23.1 Å². The predicted molar refractivity (Wildman–Crippen MR) is 59.4 cm³/mol. The van der Waals surface area contributed by atoms with Crippen molar-refractivity contribution in [3.05, 3.63) is 23.8 Å². The van der Waals surface area contributed by atoms with Gasteiger partial charge in [-0.2, -0.15) is 8.78 Å². The van der Waals surface area contributed by atoms with Gasteiger partial charge >= 0.3 is 5.92 Å². The maximum absolute atomic E-state index is 13.3. The Bertz CT molecular complexity index is 380. The molecule has 0 fully saturated rings. The number of ether oxygens (including phenoxy) is 1. The lowest BCUT2D eigenvalue weighted by molar-refractivity contribution is -0.130. The van der Waals surface area contributed by atoms with Gasteiger partial charge in [-0.3, -0.25) is 4.79 Å². The van der Waals surface area contributed by atoms with E-state index in [1.165, 1.54) is 31.0 Å². The van der Waals surface area contributed by atoms with Crippen molar-refractivity contribution in [3.63, 3.8) is 0 Å². The highest BCUT2D eigenvalue weighted by atomic mass is 32.2. The van der Waals surface area contributed by atoms with Gasteiger partial charge in [0.1, 0.15) is 5.75 Å². The molecule has 88 valence electrons. The molecule has 0 radical (unpaired) electrons. The Kier molecular flexibility index (Phi) is 4.29. The fourth-order valence-electron chi connectivity index (χ4n) is 1.27. The van der Waals surface area contributed by atoms with Crippen molar-refractivity contribution < 1.29 is 18.3 Å². The zero-order valence-electron chi connectivity index (χ0n) is 9.00. The molecule has 0 aliphatic carbocycles. The van der Waals surface area contributed by atoms with Crippen molar-refractivity contribution in [1.29, 1.82) is 0 Å². The first-order valence-corrected chi connectivity index (χ1v) is 5.69. The van der Waals surface area contributed by atoms with Crippen LogP contribution in [0.3, 0.4) is 0 Å². The number of aldehydes is 1. The summed E-state index contributed by atoms with van der Waals surface area (Å²) in [6.07, 6.45) is -0.370. The van der Waals surface area contributed by atoms with Gasteiger partial charge in [0.15, 0.2) is 6.29 Å². The minimum absolute atomic E-state index is 0.0255. The Morgan fingerprint density at radius 3 is 2.69 bits per heavy atom. The smallest absolute Gasteiger partial charge is 0.331 e. The van der Waals surface area contributed by atoms with E-state index in [4.69, 9.17) is 4.74 Å². The standard InChI is InChI=1S/C11H12F2O2S/c1-3-16-8-4-5-10(15-2)9(6-8)11(12,13)7-14/h4-7H,3H2,1-2H3. The molecule has 0 saturated heterocycles. The molecule has 0 atom stereocenters. The van der Waals surface area contributed by atoms with Crippen molar-refractivity contribution in [2.75, 3.05) is 12.9 Å². The first-order chi connectivity index (χ1) is 7.55. The summed E-state index contributed by atoms with van der Waals surface area (Å²) < 4.78 is 31.4. The molecule has 0 N–H and O–H groups in total. The molecular formula is C11H12F2O2S. The molecule has 0 spiro atoms. The molecular weight excluding hydrogens is 234 g/mol. The van der Waals surface area contributed by atoms with E-state index >= 15 is 0 Å². The molecule has 16 heavy (non-hydrogen) atoms. The Morgan fingerprint density at radius 2 is 2.19 bits per heavy atom. The number of benzene rings is 1. The van der Waals surface area contributed by atoms with Crippen LogP contribution in [0.25, 0.3) is 0 Å². The number of carbonyl (C=O) groups is 1. The quantitative estimate of drug-likeness (QED) is 0.590. The van der Waals surface area contributed by atoms with Crippen LogP contribution >= 0.6 is 11.8 Å².